The van der Waals surface area contributed by atoms with E-state index in [4.69, 9.17) is 11.0 Å². The van der Waals surface area contributed by atoms with Gasteiger partial charge in [-0.2, -0.15) is 0 Å². The molecule has 0 aliphatic rings. The normalized spacial score (nSPS) is 18.8. The number of hydrogen-bond acceptors (Lipinski definition) is 1. The highest BCUT2D eigenvalue weighted by Crippen LogP contribution is 2.37. The smallest absolute Gasteiger partial charge is 0.102 e. The van der Waals surface area contributed by atoms with Gasteiger partial charge in [0.15, 0.2) is 0 Å². The molecular weight excluding hydrogens is 214 g/mol. The van der Waals surface area contributed by atoms with Crippen molar-refractivity contribution in [2.24, 2.45) is 0 Å². The number of thiophene rings is 1. The van der Waals surface area contributed by atoms with E-state index in [9.17, 15) is 0 Å². The number of para-hydroxylation sites is 1. The van der Waals surface area contributed by atoms with E-state index in [2.05, 4.69) is 4.98 Å². The average molecular weight is 231 g/mol. The number of benzene rings is 2. The molecule has 16 heavy (non-hydrogen) atoms. The molecule has 2 heteroatoms. The van der Waals surface area contributed by atoms with E-state index >= 15 is 0 Å². The van der Waals surface area contributed by atoms with Crippen LogP contribution in [0.5, 0.6) is 0 Å². The summed E-state index contributed by atoms with van der Waals surface area (Å²) in [5.74, 6) is 0. The lowest BCUT2D eigenvalue weighted by atomic mass is 10.1. The van der Waals surface area contributed by atoms with E-state index in [1.165, 1.54) is 0 Å². The Morgan fingerprint density at radius 3 is 2.62 bits per heavy atom. The van der Waals surface area contributed by atoms with Crippen molar-refractivity contribution in [3.8, 4) is 0 Å². The molecule has 0 aliphatic heterocycles. The van der Waals surface area contributed by atoms with Crippen LogP contribution in [0.1, 0.15) is 11.0 Å². The van der Waals surface area contributed by atoms with E-state index in [1.54, 1.807) is 0 Å². The van der Waals surface area contributed by atoms with Gasteiger partial charge in [-0.3, -0.25) is 0 Å². The summed E-state index contributed by atoms with van der Waals surface area (Å²) in [5.41, 5.74) is 0.247. The Bertz CT molecular complexity index is 1100. The van der Waals surface area contributed by atoms with Gasteiger partial charge in [-0.15, -0.1) is 11.3 Å². The standard InChI is InChI=1S/C14H9NS/c1-3-7-11-9(5-1)13-10-6-2-4-8-12(10)16-14(13)15-11/h1-8,15H/i1D,2D,3D,4D,5D,6D,7D,8D. The van der Waals surface area contributed by atoms with Gasteiger partial charge in [0.1, 0.15) is 4.83 Å². The van der Waals surface area contributed by atoms with Crippen LogP contribution in [0.15, 0.2) is 48.3 Å². The first-order valence-electron chi connectivity index (χ1n) is 8.66. The molecule has 0 fully saturated rings. The molecule has 76 valence electrons. The Morgan fingerprint density at radius 2 is 1.69 bits per heavy atom. The number of rotatable bonds is 0. The second-order valence-electron chi connectivity index (χ2n) is 3.39. The fraction of sp³-hybridized carbons (Fsp3) is 0. The van der Waals surface area contributed by atoms with Gasteiger partial charge in [0.2, 0.25) is 0 Å². The van der Waals surface area contributed by atoms with Gasteiger partial charge >= 0.3 is 0 Å². The van der Waals surface area contributed by atoms with E-state index in [0.717, 1.165) is 11.3 Å². The van der Waals surface area contributed by atoms with Gasteiger partial charge in [-0.25, -0.2) is 0 Å². The number of hydrogen-bond donors (Lipinski definition) is 1. The van der Waals surface area contributed by atoms with Crippen LogP contribution in [0.4, 0.5) is 0 Å². The van der Waals surface area contributed by atoms with Crippen molar-refractivity contribution in [3.05, 3.63) is 48.3 Å². The Kier molecular flexibility index (Phi) is 0.697. The Balaban J connectivity index is 2.38. The maximum atomic E-state index is 8.17. The van der Waals surface area contributed by atoms with Crippen LogP contribution in [0, 0.1) is 0 Å². The second-order valence-corrected chi connectivity index (χ2v) is 4.41. The molecule has 0 spiro atoms. The predicted molar refractivity (Wildman–Crippen MR) is 71.2 cm³/mol. The highest BCUT2D eigenvalue weighted by Gasteiger charge is 2.09. The minimum Gasteiger partial charge on any atom is -0.346 e. The lowest BCUT2D eigenvalue weighted by Gasteiger charge is -1.90. The van der Waals surface area contributed by atoms with Gasteiger partial charge in [-0.1, -0.05) is 36.3 Å². The predicted octanol–water partition coefficient (Wildman–Crippen LogP) is 4.54. The van der Waals surface area contributed by atoms with Gasteiger partial charge in [0.25, 0.3) is 0 Å². The lowest BCUT2D eigenvalue weighted by molar-refractivity contribution is 1.58. The summed E-state index contributed by atoms with van der Waals surface area (Å²) in [6, 6.07) is -2.14. The maximum Gasteiger partial charge on any atom is 0.102 e. The van der Waals surface area contributed by atoms with Crippen LogP contribution < -0.4 is 0 Å². The summed E-state index contributed by atoms with van der Waals surface area (Å²) in [7, 11) is 0. The van der Waals surface area contributed by atoms with Crippen molar-refractivity contribution in [2.75, 3.05) is 0 Å². The maximum absolute atomic E-state index is 8.17. The van der Waals surface area contributed by atoms with Gasteiger partial charge < -0.3 is 4.98 Å². The molecule has 4 rings (SSSR count). The minimum absolute atomic E-state index is 0.144. The molecule has 0 saturated heterocycles. The number of aromatic nitrogens is 1. The third-order valence-electron chi connectivity index (χ3n) is 2.51. The van der Waals surface area contributed by atoms with Crippen molar-refractivity contribution in [2.45, 2.75) is 0 Å². The van der Waals surface area contributed by atoms with Gasteiger partial charge in [0.05, 0.1) is 11.0 Å². The molecule has 0 bridgehead atoms. The number of fused-ring (bicyclic) bond motifs is 5. The molecule has 0 amide bonds. The van der Waals surface area contributed by atoms with Crippen LogP contribution in [0.3, 0.4) is 0 Å². The van der Waals surface area contributed by atoms with E-state index < -0.39 is 0 Å². The van der Waals surface area contributed by atoms with Crippen molar-refractivity contribution < 1.29 is 11.0 Å². The molecule has 0 aliphatic carbocycles. The lowest BCUT2D eigenvalue weighted by Crippen LogP contribution is -1.66. The first-order valence-corrected chi connectivity index (χ1v) is 5.47. The van der Waals surface area contributed by atoms with Crippen LogP contribution in [-0.2, 0) is 0 Å². The highest BCUT2D eigenvalue weighted by atomic mass is 32.1. The molecule has 0 radical (unpaired) electrons. The second kappa shape index (κ2) is 2.86. The van der Waals surface area contributed by atoms with Crippen molar-refractivity contribution >= 4 is 42.5 Å². The van der Waals surface area contributed by atoms with Gasteiger partial charge in [-0.05, 0) is 12.1 Å². The minimum atomic E-state index is -0.367. The average Bonchev–Trinajstić information content (AvgIpc) is 3.10. The summed E-state index contributed by atoms with van der Waals surface area (Å²) in [4.78, 5) is 3.47. The zero-order chi connectivity index (χ0) is 17.5. The molecule has 2 heterocycles. The summed E-state index contributed by atoms with van der Waals surface area (Å²) >= 11 is 1.12. The molecule has 1 N–H and O–H groups in total. The summed E-state index contributed by atoms with van der Waals surface area (Å²) in [5, 5.41) is 0.966. The van der Waals surface area contributed by atoms with E-state index in [-0.39, 0.29) is 64.6 Å². The van der Waals surface area contributed by atoms with Crippen molar-refractivity contribution in [3.63, 3.8) is 0 Å². The zero-order valence-corrected chi connectivity index (χ0v) is 8.72. The third kappa shape index (κ3) is 0.947. The first kappa shape index (κ1) is 3.90. The Morgan fingerprint density at radius 1 is 0.938 bits per heavy atom. The van der Waals surface area contributed by atoms with Crippen LogP contribution in [0.25, 0.3) is 31.2 Å². The first-order chi connectivity index (χ1) is 11.3. The molecule has 0 unspecified atom stereocenters. The Labute approximate surface area is 108 Å². The van der Waals surface area contributed by atoms with Crippen molar-refractivity contribution in [1.82, 2.24) is 4.98 Å². The molecule has 2 aromatic heterocycles. The topological polar surface area (TPSA) is 15.8 Å². The number of aromatic amines is 1. The summed E-state index contributed by atoms with van der Waals surface area (Å²) < 4.78 is 64.0. The van der Waals surface area contributed by atoms with Crippen LogP contribution in [-0.4, -0.2) is 4.98 Å². The SMILES string of the molecule is [2H]c1c([2H])c([2H])c2c([nH]c3sc4c([2H])c([2H])c([2H])c([2H])c4c32)c1[2H]. The highest BCUT2D eigenvalue weighted by molar-refractivity contribution is 7.25. The molecule has 0 saturated carbocycles. The largest absolute Gasteiger partial charge is 0.346 e. The summed E-state index contributed by atoms with van der Waals surface area (Å²) in [6.07, 6.45) is 0. The third-order valence-corrected chi connectivity index (χ3v) is 3.53. The summed E-state index contributed by atoms with van der Waals surface area (Å²) in [6.45, 7) is 0. The monoisotopic (exact) mass is 231 g/mol. The molecule has 1 nitrogen and oxygen atoms in total. The Hall–Kier alpha value is -1.80. The molecular formula is C14H9NS. The van der Waals surface area contributed by atoms with Crippen LogP contribution >= 0.6 is 11.3 Å². The van der Waals surface area contributed by atoms with E-state index in [0.29, 0.717) is 14.9 Å². The fourth-order valence-corrected chi connectivity index (χ4v) is 2.87. The van der Waals surface area contributed by atoms with Crippen LogP contribution in [0.2, 0.25) is 0 Å². The number of H-pyrrole nitrogens is 1. The molecule has 0 atom stereocenters. The quantitative estimate of drug-likeness (QED) is 0.457. The molecule has 2 aromatic carbocycles. The molecule has 4 aromatic rings. The van der Waals surface area contributed by atoms with Crippen molar-refractivity contribution in [1.29, 1.82) is 0 Å². The number of nitrogens with one attached hydrogen (secondary N) is 1. The zero-order valence-electron chi connectivity index (χ0n) is 15.9. The van der Waals surface area contributed by atoms with E-state index in [1.807, 2.05) is 0 Å². The van der Waals surface area contributed by atoms with Gasteiger partial charge in [0, 0.05) is 26.4 Å². The fourth-order valence-electron chi connectivity index (χ4n) is 1.85.